The predicted molar refractivity (Wildman–Crippen MR) is 132 cm³/mol. The molecule has 0 unspecified atom stereocenters. The lowest BCUT2D eigenvalue weighted by atomic mass is 9.90. The monoisotopic (exact) mass is 543 g/mol. The van der Waals surface area contributed by atoms with E-state index >= 15 is 0 Å². The Morgan fingerprint density at radius 2 is 1.05 bits per heavy atom. The number of aliphatic hydroxyl groups is 3. The lowest BCUT2D eigenvalue weighted by Gasteiger charge is -2.53. The van der Waals surface area contributed by atoms with E-state index in [1.165, 1.54) is 0 Å². The predicted octanol–water partition coefficient (Wildman–Crippen LogP) is 0.147. The van der Waals surface area contributed by atoms with Gasteiger partial charge in [-0.1, -0.05) is 60.7 Å². The van der Waals surface area contributed by atoms with Crippen LogP contribution in [0, 0.1) is 0 Å². The summed E-state index contributed by atoms with van der Waals surface area (Å²) in [6.45, 7) is 0.794. The maximum Gasteiger partial charge on any atom is 0.184 e. The van der Waals surface area contributed by atoms with Gasteiger partial charge >= 0.3 is 0 Å². The molecule has 2 aromatic carbocycles. The summed E-state index contributed by atoms with van der Waals surface area (Å²) in [5.41, 5.74) is 1.67. The minimum absolute atomic E-state index is 0.174. The first-order valence-electron chi connectivity index (χ1n) is 13.4. The van der Waals surface area contributed by atoms with Crippen LogP contribution in [0.3, 0.4) is 0 Å². The van der Waals surface area contributed by atoms with Gasteiger partial charge in [0, 0.05) is 17.7 Å². The number of ether oxygens (including phenoxy) is 7. The lowest BCUT2D eigenvalue weighted by Crippen LogP contribution is -2.72. The second-order valence-electron chi connectivity index (χ2n) is 10.6. The zero-order valence-corrected chi connectivity index (χ0v) is 21.1. The third-order valence-corrected chi connectivity index (χ3v) is 8.13. The highest BCUT2D eigenvalue weighted by atomic mass is 16.7. The molecule has 5 heterocycles. The fourth-order valence-corrected chi connectivity index (χ4v) is 6.10. The molecular weight excluding hydrogens is 510 g/mol. The van der Waals surface area contributed by atoms with Gasteiger partial charge in [-0.25, -0.2) is 0 Å². The van der Waals surface area contributed by atoms with Crippen molar-refractivity contribution >= 4 is 0 Å². The van der Waals surface area contributed by atoms with Crippen molar-refractivity contribution in [3.8, 4) is 0 Å². The Hall–Kier alpha value is -2.00. The molecule has 5 aliphatic heterocycles. The maximum absolute atomic E-state index is 11.3. The van der Waals surface area contributed by atoms with Crippen molar-refractivity contribution in [3.63, 3.8) is 0 Å². The summed E-state index contributed by atoms with van der Waals surface area (Å²) >= 11 is 0. The Balaban J connectivity index is 1.02. The summed E-state index contributed by atoms with van der Waals surface area (Å²) in [6, 6.07) is 18.9. The highest BCUT2D eigenvalue weighted by Gasteiger charge is 2.56. The molecule has 0 aromatic heterocycles. The molecule has 4 N–H and O–H groups in total. The van der Waals surface area contributed by atoms with Crippen molar-refractivity contribution in [2.24, 2.45) is 0 Å². The number of fused-ring (bicyclic) bond motifs is 3. The summed E-state index contributed by atoms with van der Waals surface area (Å²) < 4.78 is 42.4. The molecule has 0 saturated carbocycles. The second kappa shape index (κ2) is 10.8. The standard InChI is InChI=1S/C28H33NO10/c30-19-20(31)25(36-18-13-34-27(38-23(18)19)14-7-3-1-4-8-14)26-29-11-16-22(37-26)21(32)24-17(35-16)12-33-28(39-24)15-9-5-2-6-10-15/h1-10,16-32H,11-13H2/t16-,17+,18+,19+,20+,21+,22-,23+,24+,25-,26-,27+,28+/m0/s1. The smallest absolute Gasteiger partial charge is 0.184 e. The third kappa shape index (κ3) is 4.81. The molecule has 0 bridgehead atoms. The Labute approximate surface area is 225 Å². The highest BCUT2D eigenvalue weighted by molar-refractivity contribution is 5.18. The average molecular weight is 544 g/mol. The largest absolute Gasteiger partial charge is 0.387 e. The van der Waals surface area contributed by atoms with Gasteiger partial charge in [0.25, 0.3) is 0 Å². The molecule has 0 radical (unpaired) electrons. The van der Waals surface area contributed by atoms with Gasteiger partial charge in [-0.15, -0.1) is 0 Å². The first-order chi connectivity index (χ1) is 19.1. The van der Waals surface area contributed by atoms with Crippen LogP contribution in [0.25, 0.3) is 0 Å². The first kappa shape index (κ1) is 25.9. The fraction of sp³-hybridized carbons (Fsp3) is 0.571. The topological polar surface area (TPSA) is 137 Å². The van der Waals surface area contributed by atoms with E-state index in [0.717, 1.165) is 11.1 Å². The molecule has 5 fully saturated rings. The molecule has 0 aliphatic carbocycles. The van der Waals surface area contributed by atoms with Crippen LogP contribution in [0.5, 0.6) is 0 Å². The SMILES string of the molecule is O[C@@H]1[C@@H](O)[C@@H]([C@H]2NC[C@@H]3O[C@@H]4CO[C@@H](c5ccccc5)O[C@H]4[C@H](O)[C@H]3O2)O[C@@H]2CO[C@@H](c3ccccc3)O[C@@H]12. The molecule has 11 heteroatoms. The number of benzene rings is 2. The van der Waals surface area contributed by atoms with Gasteiger partial charge in [0.2, 0.25) is 0 Å². The minimum Gasteiger partial charge on any atom is -0.387 e. The van der Waals surface area contributed by atoms with Crippen LogP contribution in [0.15, 0.2) is 60.7 Å². The Morgan fingerprint density at radius 3 is 1.67 bits per heavy atom. The van der Waals surface area contributed by atoms with Crippen molar-refractivity contribution in [1.29, 1.82) is 0 Å². The molecule has 7 rings (SSSR count). The molecule has 0 spiro atoms. The fourth-order valence-electron chi connectivity index (χ4n) is 6.10. The van der Waals surface area contributed by atoms with E-state index in [-0.39, 0.29) is 13.2 Å². The second-order valence-corrected chi connectivity index (χ2v) is 10.6. The molecule has 11 nitrogen and oxygen atoms in total. The molecule has 5 aliphatic rings. The van der Waals surface area contributed by atoms with Crippen molar-refractivity contribution in [2.75, 3.05) is 19.8 Å². The molecule has 13 atom stereocenters. The van der Waals surface area contributed by atoms with Crippen molar-refractivity contribution in [2.45, 2.75) is 79.8 Å². The van der Waals surface area contributed by atoms with Crippen LogP contribution in [0.1, 0.15) is 23.7 Å². The van der Waals surface area contributed by atoms with E-state index in [1.54, 1.807) is 0 Å². The van der Waals surface area contributed by atoms with Gasteiger partial charge in [0.05, 0.1) is 19.3 Å². The van der Waals surface area contributed by atoms with Crippen molar-refractivity contribution < 1.29 is 48.5 Å². The summed E-state index contributed by atoms with van der Waals surface area (Å²) in [7, 11) is 0. The van der Waals surface area contributed by atoms with Crippen LogP contribution >= 0.6 is 0 Å². The summed E-state index contributed by atoms with van der Waals surface area (Å²) in [5.74, 6) is 0. The highest BCUT2D eigenvalue weighted by Crippen LogP contribution is 2.39. The van der Waals surface area contributed by atoms with Crippen LogP contribution < -0.4 is 5.32 Å². The minimum atomic E-state index is -1.30. The molecule has 2 aromatic rings. The number of hydrogen-bond donors (Lipinski definition) is 4. The number of hydrogen-bond acceptors (Lipinski definition) is 11. The third-order valence-electron chi connectivity index (χ3n) is 8.13. The summed E-state index contributed by atoms with van der Waals surface area (Å²) in [5, 5.41) is 36.6. The van der Waals surface area contributed by atoms with E-state index < -0.39 is 79.8 Å². The first-order valence-corrected chi connectivity index (χ1v) is 13.4. The van der Waals surface area contributed by atoms with E-state index in [1.807, 2.05) is 60.7 Å². The van der Waals surface area contributed by atoms with E-state index in [2.05, 4.69) is 5.32 Å². The average Bonchev–Trinajstić information content (AvgIpc) is 2.99. The summed E-state index contributed by atoms with van der Waals surface area (Å²) in [6.07, 6.45) is -10.3. The van der Waals surface area contributed by atoms with Crippen LogP contribution in [-0.2, 0) is 33.2 Å². The summed E-state index contributed by atoms with van der Waals surface area (Å²) in [4.78, 5) is 0. The Bertz CT molecular complexity index is 1110. The zero-order valence-electron chi connectivity index (χ0n) is 21.1. The van der Waals surface area contributed by atoms with Gasteiger partial charge in [-0.2, -0.15) is 0 Å². The Morgan fingerprint density at radius 1 is 0.538 bits per heavy atom. The lowest BCUT2D eigenvalue weighted by molar-refractivity contribution is -0.363. The molecule has 0 amide bonds. The molecular formula is C28H33NO10. The van der Waals surface area contributed by atoms with Gasteiger partial charge in [0.15, 0.2) is 12.6 Å². The maximum atomic E-state index is 11.3. The van der Waals surface area contributed by atoms with Gasteiger partial charge in [-0.3, -0.25) is 5.32 Å². The number of aliphatic hydroxyl groups excluding tert-OH is 3. The number of nitrogens with one attached hydrogen (secondary N) is 1. The van der Waals surface area contributed by atoms with Crippen molar-refractivity contribution in [1.82, 2.24) is 5.32 Å². The van der Waals surface area contributed by atoms with E-state index in [9.17, 15) is 15.3 Å². The van der Waals surface area contributed by atoms with Gasteiger partial charge in [-0.05, 0) is 0 Å². The quantitative estimate of drug-likeness (QED) is 0.421. The molecule has 210 valence electrons. The van der Waals surface area contributed by atoms with E-state index in [0.29, 0.717) is 6.54 Å². The molecule has 5 saturated heterocycles. The zero-order chi connectivity index (χ0) is 26.5. The normalized spacial score (nSPS) is 46.0. The molecule has 39 heavy (non-hydrogen) atoms. The van der Waals surface area contributed by atoms with Crippen molar-refractivity contribution in [3.05, 3.63) is 71.8 Å². The van der Waals surface area contributed by atoms with Crippen LogP contribution in [-0.4, -0.2) is 102 Å². The van der Waals surface area contributed by atoms with Crippen LogP contribution in [0.2, 0.25) is 0 Å². The Kier molecular flexibility index (Phi) is 7.16. The van der Waals surface area contributed by atoms with Gasteiger partial charge in [0.1, 0.15) is 61.2 Å². The number of rotatable bonds is 3. The van der Waals surface area contributed by atoms with Crippen LogP contribution in [0.4, 0.5) is 0 Å². The van der Waals surface area contributed by atoms with E-state index in [4.69, 9.17) is 33.2 Å². The van der Waals surface area contributed by atoms with Gasteiger partial charge < -0.3 is 48.5 Å².